The Morgan fingerprint density at radius 2 is 2.00 bits per heavy atom. The number of piperidine rings is 1. The van der Waals surface area contributed by atoms with Crippen LogP contribution in [0.3, 0.4) is 0 Å². The summed E-state index contributed by atoms with van der Waals surface area (Å²) < 4.78 is 23.9. The highest BCUT2D eigenvalue weighted by Crippen LogP contribution is 2.19. The lowest BCUT2D eigenvalue weighted by molar-refractivity contribution is -0.149. The zero-order valence-electron chi connectivity index (χ0n) is 12.8. The lowest BCUT2D eigenvalue weighted by Gasteiger charge is -2.30. The van der Waals surface area contributed by atoms with Gasteiger partial charge in [0, 0.05) is 6.54 Å². The second-order valence-corrected chi connectivity index (χ2v) is 5.15. The first-order valence-electron chi connectivity index (χ1n) is 7.47. The van der Waals surface area contributed by atoms with Crippen LogP contribution in [0.4, 0.5) is 4.39 Å². The van der Waals surface area contributed by atoms with E-state index >= 15 is 0 Å². The quantitative estimate of drug-likeness (QED) is 0.751. The predicted octanol–water partition coefficient (Wildman–Crippen LogP) is 2.90. The SMILES string of the molecule is CCOC(=O)C1CCN(CCOc2ccccc2F)CC1.Cl. The van der Waals surface area contributed by atoms with Gasteiger partial charge in [-0.25, -0.2) is 4.39 Å². The van der Waals surface area contributed by atoms with Gasteiger partial charge in [-0.3, -0.25) is 9.69 Å². The number of esters is 1. The first-order valence-corrected chi connectivity index (χ1v) is 7.47. The van der Waals surface area contributed by atoms with Crippen LogP contribution < -0.4 is 4.74 Å². The van der Waals surface area contributed by atoms with Gasteiger partial charge in [0.15, 0.2) is 11.6 Å². The maximum absolute atomic E-state index is 13.4. The fourth-order valence-corrected chi connectivity index (χ4v) is 2.50. The van der Waals surface area contributed by atoms with E-state index in [9.17, 15) is 9.18 Å². The molecule has 0 radical (unpaired) electrons. The van der Waals surface area contributed by atoms with E-state index in [4.69, 9.17) is 9.47 Å². The highest BCUT2D eigenvalue weighted by atomic mass is 35.5. The summed E-state index contributed by atoms with van der Waals surface area (Å²) in [7, 11) is 0. The van der Waals surface area contributed by atoms with Crippen LogP contribution in [0.1, 0.15) is 19.8 Å². The van der Waals surface area contributed by atoms with Gasteiger partial charge in [-0.05, 0) is 45.0 Å². The molecule has 0 amide bonds. The fraction of sp³-hybridized carbons (Fsp3) is 0.562. The molecule has 1 saturated heterocycles. The minimum absolute atomic E-state index is 0. The van der Waals surface area contributed by atoms with E-state index in [1.165, 1.54) is 6.07 Å². The largest absolute Gasteiger partial charge is 0.489 e. The second-order valence-electron chi connectivity index (χ2n) is 5.15. The number of hydrogen-bond donors (Lipinski definition) is 0. The molecule has 0 spiro atoms. The summed E-state index contributed by atoms with van der Waals surface area (Å²) >= 11 is 0. The zero-order valence-corrected chi connectivity index (χ0v) is 13.6. The van der Waals surface area contributed by atoms with Crippen molar-refractivity contribution in [3.8, 4) is 5.75 Å². The van der Waals surface area contributed by atoms with Crippen molar-refractivity contribution < 1.29 is 18.7 Å². The molecule has 22 heavy (non-hydrogen) atoms. The molecular formula is C16H23ClFNO3. The third-order valence-electron chi connectivity index (χ3n) is 3.71. The lowest BCUT2D eigenvalue weighted by Crippen LogP contribution is -2.39. The minimum Gasteiger partial charge on any atom is -0.489 e. The molecule has 1 aromatic carbocycles. The number of benzene rings is 1. The number of nitrogens with zero attached hydrogens (tertiary/aromatic N) is 1. The highest BCUT2D eigenvalue weighted by Gasteiger charge is 2.25. The van der Waals surface area contributed by atoms with Gasteiger partial charge in [0.05, 0.1) is 12.5 Å². The van der Waals surface area contributed by atoms with E-state index in [1.807, 2.05) is 6.92 Å². The summed E-state index contributed by atoms with van der Waals surface area (Å²) in [4.78, 5) is 13.9. The number of hydrogen-bond acceptors (Lipinski definition) is 4. The Kier molecular flexibility index (Phi) is 8.20. The average Bonchev–Trinajstić information content (AvgIpc) is 2.50. The predicted molar refractivity (Wildman–Crippen MR) is 84.9 cm³/mol. The molecule has 1 aliphatic heterocycles. The van der Waals surface area contributed by atoms with Gasteiger partial charge in [0.2, 0.25) is 0 Å². The number of halogens is 2. The molecular weight excluding hydrogens is 309 g/mol. The standard InChI is InChI=1S/C16H22FNO3.ClH/c1-2-20-16(19)13-7-9-18(10-8-13)11-12-21-15-6-4-3-5-14(15)17;/h3-6,13H,2,7-12H2,1H3;1H. The van der Waals surface area contributed by atoms with Gasteiger partial charge in [0.25, 0.3) is 0 Å². The van der Waals surface area contributed by atoms with Crippen LogP contribution in [-0.4, -0.2) is 43.7 Å². The van der Waals surface area contributed by atoms with E-state index in [-0.39, 0.29) is 30.1 Å². The molecule has 2 rings (SSSR count). The van der Waals surface area contributed by atoms with Gasteiger partial charge in [-0.15, -0.1) is 12.4 Å². The van der Waals surface area contributed by atoms with Gasteiger partial charge in [-0.2, -0.15) is 0 Å². The molecule has 1 aromatic rings. The number of carbonyl (C=O) groups excluding carboxylic acids is 1. The number of para-hydroxylation sites is 1. The van der Waals surface area contributed by atoms with Crippen LogP contribution in [0.2, 0.25) is 0 Å². The first kappa shape index (κ1) is 18.7. The van der Waals surface area contributed by atoms with Crippen molar-refractivity contribution in [1.82, 2.24) is 4.90 Å². The molecule has 0 saturated carbocycles. The van der Waals surface area contributed by atoms with Crippen LogP contribution in [0, 0.1) is 11.7 Å². The maximum Gasteiger partial charge on any atom is 0.309 e. The van der Waals surface area contributed by atoms with E-state index in [2.05, 4.69) is 4.90 Å². The van der Waals surface area contributed by atoms with E-state index in [0.29, 0.717) is 19.0 Å². The Balaban J connectivity index is 0.00000242. The van der Waals surface area contributed by atoms with E-state index < -0.39 is 0 Å². The van der Waals surface area contributed by atoms with Crippen molar-refractivity contribution in [2.45, 2.75) is 19.8 Å². The molecule has 1 aliphatic rings. The Labute approximate surface area is 137 Å². The molecule has 0 atom stereocenters. The number of ether oxygens (including phenoxy) is 2. The number of carbonyl (C=O) groups is 1. The Hall–Kier alpha value is -1.33. The summed E-state index contributed by atoms with van der Waals surface area (Å²) in [5, 5.41) is 0. The van der Waals surface area contributed by atoms with Crippen molar-refractivity contribution in [3.63, 3.8) is 0 Å². The van der Waals surface area contributed by atoms with Crippen LogP contribution in [-0.2, 0) is 9.53 Å². The van der Waals surface area contributed by atoms with Gasteiger partial charge in [-0.1, -0.05) is 12.1 Å². The van der Waals surface area contributed by atoms with Crippen molar-refractivity contribution in [1.29, 1.82) is 0 Å². The molecule has 0 aromatic heterocycles. The molecule has 0 unspecified atom stereocenters. The monoisotopic (exact) mass is 331 g/mol. The highest BCUT2D eigenvalue weighted by molar-refractivity contribution is 5.85. The van der Waals surface area contributed by atoms with Crippen molar-refractivity contribution >= 4 is 18.4 Å². The Bertz CT molecular complexity index is 464. The van der Waals surface area contributed by atoms with Gasteiger partial charge in [0.1, 0.15) is 6.61 Å². The van der Waals surface area contributed by atoms with Crippen LogP contribution >= 0.6 is 12.4 Å². The van der Waals surface area contributed by atoms with Crippen LogP contribution in [0.15, 0.2) is 24.3 Å². The average molecular weight is 332 g/mol. The summed E-state index contributed by atoms with van der Waals surface area (Å²) in [6.07, 6.45) is 1.64. The van der Waals surface area contributed by atoms with Gasteiger partial charge >= 0.3 is 5.97 Å². The molecule has 0 N–H and O–H groups in total. The van der Waals surface area contributed by atoms with Crippen molar-refractivity contribution in [2.75, 3.05) is 32.8 Å². The van der Waals surface area contributed by atoms with Crippen LogP contribution in [0.5, 0.6) is 5.75 Å². The summed E-state index contributed by atoms with van der Waals surface area (Å²) in [6, 6.07) is 6.41. The topological polar surface area (TPSA) is 38.8 Å². The third-order valence-corrected chi connectivity index (χ3v) is 3.71. The smallest absolute Gasteiger partial charge is 0.309 e. The van der Waals surface area contributed by atoms with Crippen molar-refractivity contribution in [3.05, 3.63) is 30.1 Å². The molecule has 1 fully saturated rings. The summed E-state index contributed by atoms with van der Waals surface area (Å²) in [5.41, 5.74) is 0. The van der Waals surface area contributed by atoms with Gasteiger partial charge < -0.3 is 9.47 Å². The zero-order chi connectivity index (χ0) is 15.1. The van der Waals surface area contributed by atoms with E-state index in [0.717, 1.165) is 32.5 Å². The normalized spacial score (nSPS) is 15.9. The molecule has 124 valence electrons. The van der Waals surface area contributed by atoms with Crippen LogP contribution in [0.25, 0.3) is 0 Å². The third kappa shape index (κ3) is 5.46. The summed E-state index contributed by atoms with van der Waals surface area (Å²) in [6.45, 7) is 5.16. The van der Waals surface area contributed by atoms with Crippen molar-refractivity contribution in [2.24, 2.45) is 5.92 Å². The molecule has 4 nitrogen and oxygen atoms in total. The summed E-state index contributed by atoms with van der Waals surface area (Å²) in [5.74, 6) is -0.106. The number of likely N-dealkylation sites (tertiary alicyclic amines) is 1. The maximum atomic E-state index is 13.4. The first-order chi connectivity index (χ1) is 10.2. The molecule has 0 bridgehead atoms. The molecule has 0 aliphatic carbocycles. The Morgan fingerprint density at radius 1 is 1.32 bits per heavy atom. The Morgan fingerprint density at radius 3 is 2.64 bits per heavy atom. The van der Waals surface area contributed by atoms with E-state index in [1.54, 1.807) is 18.2 Å². The fourth-order valence-electron chi connectivity index (χ4n) is 2.50. The lowest BCUT2D eigenvalue weighted by atomic mass is 9.97. The molecule has 6 heteroatoms. The minimum atomic E-state index is -0.335. The second kappa shape index (κ2) is 9.64. The number of rotatable bonds is 6. The molecule has 1 heterocycles.